The lowest BCUT2D eigenvalue weighted by molar-refractivity contribution is -0.221. The van der Waals surface area contributed by atoms with Gasteiger partial charge in [0.2, 0.25) is 5.79 Å². The molecule has 2 fully saturated rings. The fraction of sp³-hybridized carbons (Fsp3) is 0.875. The normalized spacial score (nSPS) is 39.5. The summed E-state index contributed by atoms with van der Waals surface area (Å²) in [4.78, 5) is 10.0. The van der Waals surface area contributed by atoms with E-state index in [9.17, 15) is 4.79 Å². The van der Waals surface area contributed by atoms with Crippen LogP contribution in [0, 0.1) is 5.92 Å². The fourth-order valence-electron chi connectivity index (χ4n) is 1.96. The first-order valence-electron chi connectivity index (χ1n) is 4.20. The average Bonchev–Trinajstić information content (AvgIpc) is 2.58. The summed E-state index contributed by atoms with van der Waals surface area (Å²) in [5.74, 6) is -0.182. The Balaban J connectivity index is 2.01. The van der Waals surface area contributed by atoms with Gasteiger partial charge >= 0.3 is 0 Å². The Labute approximate surface area is 70.8 Å². The third-order valence-corrected chi connectivity index (χ3v) is 2.60. The number of carbonyl (C=O) groups is 1. The van der Waals surface area contributed by atoms with Crippen molar-refractivity contribution in [2.24, 2.45) is 5.92 Å². The Morgan fingerprint density at radius 2 is 2.08 bits per heavy atom. The van der Waals surface area contributed by atoms with Crippen molar-refractivity contribution in [2.45, 2.75) is 18.6 Å². The highest BCUT2D eigenvalue weighted by Crippen LogP contribution is 2.40. The molecule has 2 aliphatic rings. The summed E-state index contributed by atoms with van der Waals surface area (Å²) in [5.41, 5.74) is 0. The van der Waals surface area contributed by atoms with Crippen LogP contribution < -0.4 is 0 Å². The second-order valence-corrected chi connectivity index (χ2v) is 3.19. The maximum atomic E-state index is 10.0. The molecule has 0 N–H and O–H groups in total. The van der Waals surface area contributed by atoms with E-state index in [-0.39, 0.29) is 6.61 Å². The lowest BCUT2D eigenvalue weighted by Gasteiger charge is -2.25. The van der Waals surface area contributed by atoms with Crippen LogP contribution >= 0.6 is 0 Å². The van der Waals surface area contributed by atoms with Crippen LogP contribution in [0.25, 0.3) is 0 Å². The van der Waals surface area contributed by atoms with E-state index in [2.05, 4.69) is 0 Å². The standard InChI is InChI=1S/C8H12O4/c9-6-10-5-8-7(1-3-11-8)2-4-12-8/h6-7H,1-5H2. The number of hydrogen-bond acceptors (Lipinski definition) is 4. The zero-order chi connectivity index (χ0) is 8.44. The number of carbonyl (C=O) groups excluding carboxylic acids is 1. The predicted molar refractivity (Wildman–Crippen MR) is 39.4 cm³/mol. The van der Waals surface area contributed by atoms with Crippen LogP contribution in [-0.4, -0.2) is 32.1 Å². The molecule has 2 heterocycles. The third kappa shape index (κ3) is 1.11. The predicted octanol–water partition coefficient (Wildman–Crippen LogP) is 0.313. The van der Waals surface area contributed by atoms with Crippen molar-refractivity contribution in [1.82, 2.24) is 0 Å². The molecule has 2 rings (SSSR count). The molecule has 0 aromatic rings. The van der Waals surface area contributed by atoms with E-state index in [4.69, 9.17) is 14.2 Å². The first kappa shape index (κ1) is 8.01. The molecule has 0 aromatic heterocycles. The lowest BCUT2D eigenvalue weighted by atomic mass is 9.98. The summed E-state index contributed by atoms with van der Waals surface area (Å²) in [6.45, 7) is 2.11. The summed E-state index contributed by atoms with van der Waals surface area (Å²) >= 11 is 0. The summed E-state index contributed by atoms with van der Waals surface area (Å²) in [5, 5.41) is 0. The second-order valence-electron chi connectivity index (χ2n) is 3.19. The summed E-state index contributed by atoms with van der Waals surface area (Å²) in [6.07, 6.45) is 2.03. The highest BCUT2D eigenvalue weighted by Gasteiger charge is 2.50. The van der Waals surface area contributed by atoms with Crippen molar-refractivity contribution in [1.29, 1.82) is 0 Å². The zero-order valence-electron chi connectivity index (χ0n) is 6.82. The highest BCUT2D eigenvalue weighted by atomic mass is 16.7. The van der Waals surface area contributed by atoms with Crippen molar-refractivity contribution in [3.05, 3.63) is 0 Å². The molecule has 0 aromatic carbocycles. The van der Waals surface area contributed by atoms with E-state index in [1.807, 2.05) is 0 Å². The Bertz CT molecular complexity index is 170. The molecule has 4 heteroatoms. The molecule has 0 spiro atoms. The van der Waals surface area contributed by atoms with Crippen molar-refractivity contribution in [3.8, 4) is 0 Å². The van der Waals surface area contributed by atoms with Crippen molar-refractivity contribution in [3.63, 3.8) is 0 Å². The minimum atomic E-state index is -0.596. The van der Waals surface area contributed by atoms with Gasteiger partial charge in [-0.1, -0.05) is 0 Å². The second kappa shape index (κ2) is 3.03. The van der Waals surface area contributed by atoms with Gasteiger partial charge in [-0.25, -0.2) is 0 Å². The maximum absolute atomic E-state index is 10.0. The quantitative estimate of drug-likeness (QED) is 0.575. The van der Waals surface area contributed by atoms with E-state index >= 15 is 0 Å². The van der Waals surface area contributed by atoms with Crippen LogP contribution in [-0.2, 0) is 19.0 Å². The molecular formula is C8H12O4. The molecule has 12 heavy (non-hydrogen) atoms. The van der Waals surface area contributed by atoms with Crippen LogP contribution in [0.2, 0.25) is 0 Å². The van der Waals surface area contributed by atoms with Crippen molar-refractivity contribution >= 4 is 6.47 Å². The molecule has 0 atom stereocenters. The maximum Gasteiger partial charge on any atom is 0.293 e. The van der Waals surface area contributed by atoms with Gasteiger partial charge in [0.15, 0.2) is 0 Å². The fourth-order valence-corrected chi connectivity index (χ4v) is 1.96. The van der Waals surface area contributed by atoms with Gasteiger partial charge in [-0.3, -0.25) is 4.79 Å². The van der Waals surface area contributed by atoms with Gasteiger partial charge in [0, 0.05) is 5.92 Å². The minimum Gasteiger partial charge on any atom is -0.462 e. The van der Waals surface area contributed by atoms with Gasteiger partial charge in [-0.05, 0) is 12.8 Å². The van der Waals surface area contributed by atoms with Crippen LogP contribution in [0.15, 0.2) is 0 Å². The van der Waals surface area contributed by atoms with Gasteiger partial charge in [0.05, 0.1) is 13.2 Å². The van der Waals surface area contributed by atoms with E-state index in [1.165, 1.54) is 0 Å². The first-order valence-corrected chi connectivity index (χ1v) is 4.20. The molecule has 0 bridgehead atoms. The van der Waals surface area contributed by atoms with Gasteiger partial charge in [0.25, 0.3) is 6.47 Å². The average molecular weight is 172 g/mol. The Kier molecular flexibility index (Phi) is 2.02. The van der Waals surface area contributed by atoms with Crippen molar-refractivity contribution in [2.75, 3.05) is 19.8 Å². The molecule has 0 radical (unpaired) electrons. The highest BCUT2D eigenvalue weighted by molar-refractivity contribution is 5.37. The molecular weight excluding hydrogens is 160 g/mol. The smallest absolute Gasteiger partial charge is 0.293 e. The number of fused-ring (bicyclic) bond motifs is 1. The Morgan fingerprint density at radius 3 is 2.67 bits per heavy atom. The van der Waals surface area contributed by atoms with Gasteiger partial charge in [0.1, 0.15) is 6.61 Å². The van der Waals surface area contributed by atoms with Crippen LogP contribution in [0.1, 0.15) is 12.8 Å². The van der Waals surface area contributed by atoms with E-state index in [0.717, 1.165) is 12.8 Å². The van der Waals surface area contributed by atoms with E-state index in [0.29, 0.717) is 25.6 Å². The molecule has 0 saturated carbocycles. The largest absolute Gasteiger partial charge is 0.462 e. The third-order valence-electron chi connectivity index (χ3n) is 2.60. The van der Waals surface area contributed by atoms with E-state index in [1.54, 1.807) is 0 Å². The van der Waals surface area contributed by atoms with E-state index < -0.39 is 5.79 Å². The molecule has 68 valence electrons. The Hall–Kier alpha value is -0.610. The molecule has 4 nitrogen and oxygen atoms in total. The van der Waals surface area contributed by atoms with Gasteiger partial charge in [-0.2, -0.15) is 0 Å². The first-order chi connectivity index (χ1) is 5.87. The molecule has 0 unspecified atom stereocenters. The van der Waals surface area contributed by atoms with Crippen LogP contribution in [0.4, 0.5) is 0 Å². The Morgan fingerprint density at radius 1 is 1.42 bits per heavy atom. The molecule has 2 aliphatic heterocycles. The molecule has 2 saturated heterocycles. The summed E-state index contributed by atoms with van der Waals surface area (Å²) in [7, 11) is 0. The number of ether oxygens (including phenoxy) is 3. The van der Waals surface area contributed by atoms with Gasteiger partial charge < -0.3 is 14.2 Å². The summed E-state index contributed by atoms with van der Waals surface area (Å²) < 4.78 is 15.6. The number of hydrogen-bond donors (Lipinski definition) is 0. The molecule has 0 aliphatic carbocycles. The lowest BCUT2D eigenvalue weighted by Crippen LogP contribution is -2.38. The monoisotopic (exact) mass is 172 g/mol. The number of rotatable bonds is 3. The molecule has 0 amide bonds. The summed E-state index contributed by atoms with van der Waals surface area (Å²) in [6, 6.07) is 0. The van der Waals surface area contributed by atoms with Crippen molar-refractivity contribution < 1.29 is 19.0 Å². The topological polar surface area (TPSA) is 44.8 Å². The van der Waals surface area contributed by atoms with Crippen LogP contribution in [0.5, 0.6) is 0 Å². The van der Waals surface area contributed by atoms with Gasteiger partial charge in [-0.15, -0.1) is 0 Å². The van der Waals surface area contributed by atoms with Crippen LogP contribution in [0.3, 0.4) is 0 Å². The zero-order valence-corrected chi connectivity index (χ0v) is 6.82. The minimum absolute atomic E-state index is 0.237. The SMILES string of the molecule is O=COCC12OCCC1CCO2.